The number of rotatable bonds is 4. The van der Waals surface area contributed by atoms with Gasteiger partial charge in [-0.3, -0.25) is 4.79 Å². The Labute approximate surface area is 123 Å². The molecule has 0 saturated heterocycles. The predicted molar refractivity (Wildman–Crippen MR) is 75.9 cm³/mol. The van der Waals surface area contributed by atoms with E-state index in [1.165, 1.54) is 11.1 Å². The van der Waals surface area contributed by atoms with Gasteiger partial charge in [0.15, 0.2) is 5.82 Å². The summed E-state index contributed by atoms with van der Waals surface area (Å²) < 4.78 is 10.1. The number of hydrogen-bond donors (Lipinski definition) is 0. The van der Waals surface area contributed by atoms with Crippen LogP contribution in [0.3, 0.4) is 0 Å². The van der Waals surface area contributed by atoms with Gasteiger partial charge in [0.05, 0.1) is 6.61 Å². The number of aryl methyl sites for hydroxylation is 1. The molecule has 2 aromatic rings. The molecule has 0 N–H and O–H groups in total. The highest BCUT2D eigenvalue weighted by Crippen LogP contribution is 2.35. The fraction of sp³-hybridized carbons (Fsp3) is 0.438. The highest BCUT2D eigenvalue weighted by molar-refractivity contribution is 5.71. The zero-order valence-electron chi connectivity index (χ0n) is 12.0. The second-order valence-corrected chi connectivity index (χ2v) is 5.17. The second-order valence-electron chi connectivity index (χ2n) is 5.17. The lowest BCUT2D eigenvalue weighted by Crippen LogP contribution is -2.12. The van der Waals surface area contributed by atoms with Crippen LogP contribution in [-0.4, -0.2) is 22.7 Å². The molecule has 5 nitrogen and oxygen atoms in total. The van der Waals surface area contributed by atoms with Gasteiger partial charge in [-0.05, 0) is 37.3 Å². The number of benzene rings is 1. The highest BCUT2D eigenvalue weighted by Gasteiger charge is 2.26. The molecule has 5 heteroatoms. The summed E-state index contributed by atoms with van der Waals surface area (Å²) in [6.07, 6.45) is 3.26. The standard InChI is InChI=1S/C16H18N2O3/c1-2-20-15(19)10-14-17-16(18-21-14)13-9-5-7-11-6-3-4-8-12(11)13/h3-4,6,8,13H,2,5,7,9-10H2,1H3. The van der Waals surface area contributed by atoms with E-state index in [4.69, 9.17) is 9.26 Å². The lowest BCUT2D eigenvalue weighted by atomic mass is 9.82. The summed E-state index contributed by atoms with van der Waals surface area (Å²) in [4.78, 5) is 15.8. The summed E-state index contributed by atoms with van der Waals surface area (Å²) in [5.41, 5.74) is 2.62. The topological polar surface area (TPSA) is 65.2 Å². The minimum absolute atomic E-state index is 0.0369. The van der Waals surface area contributed by atoms with Crippen molar-refractivity contribution < 1.29 is 14.1 Å². The molecule has 110 valence electrons. The van der Waals surface area contributed by atoms with Crippen LogP contribution in [0.15, 0.2) is 28.8 Å². The summed E-state index contributed by atoms with van der Waals surface area (Å²) in [6, 6.07) is 8.38. The lowest BCUT2D eigenvalue weighted by Gasteiger charge is -2.22. The first-order valence-corrected chi connectivity index (χ1v) is 7.34. The van der Waals surface area contributed by atoms with Crippen molar-refractivity contribution in [2.75, 3.05) is 6.61 Å². The van der Waals surface area contributed by atoms with Crippen molar-refractivity contribution in [3.63, 3.8) is 0 Å². The quantitative estimate of drug-likeness (QED) is 0.808. The van der Waals surface area contributed by atoms with Crippen molar-refractivity contribution >= 4 is 5.97 Å². The molecule has 1 aromatic heterocycles. The molecule has 1 aliphatic carbocycles. The predicted octanol–water partition coefficient (Wildman–Crippen LogP) is 2.64. The summed E-state index contributed by atoms with van der Waals surface area (Å²) in [6.45, 7) is 2.13. The molecule has 0 amide bonds. The SMILES string of the molecule is CCOC(=O)Cc1nc(C2CCCc3ccccc32)no1. The van der Waals surface area contributed by atoms with E-state index in [1.807, 2.05) is 6.07 Å². The monoisotopic (exact) mass is 286 g/mol. The van der Waals surface area contributed by atoms with Gasteiger partial charge < -0.3 is 9.26 Å². The van der Waals surface area contributed by atoms with E-state index < -0.39 is 0 Å². The molecule has 3 rings (SSSR count). The normalized spacial score (nSPS) is 17.3. The third kappa shape index (κ3) is 2.96. The van der Waals surface area contributed by atoms with Crippen molar-refractivity contribution in [1.29, 1.82) is 0 Å². The molecule has 1 heterocycles. The van der Waals surface area contributed by atoms with Crippen LogP contribution in [0.5, 0.6) is 0 Å². The van der Waals surface area contributed by atoms with Crippen molar-refractivity contribution in [3.05, 3.63) is 47.1 Å². The van der Waals surface area contributed by atoms with Gasteiger partial charge in [0.1, 0.15) is 6.42 Å². The van der Waals surface area contributed by atoms with Crippen LogP contribution >= 0.6 is 0 Å². The first-order chi connectivity index (χ1) is 10.3. The van der Waals surface area contributed by atoms with E-state index >= 15 is 0 Å². The Morgan fingerprint density at radius 1 is 1.43 bits per heavy atom. The van der Waals surface area contributed by atoms with Gasteiger partial charge in [-0.15, -0.1) is 0 Å². The fourth-order valence-electron chi connectivity index (χ4n) is 2.84. The Morgan fingerprint density at radius 2 is 2.29 bits per heavy atom. The van der Waals surface area contributed by atoms with Crippen molar-refractivity contribution in [2.24, 2.45) is 0 Å². The number of carbonyl (C=O) groups is 1. The zero-order valence-corrected chi connectivity index (χ0v) is 12.0. The Bertz CT molecular complexity index is 636. The Morgan fingerprint density at radius 3 is 3.14 bits per heavy atom. The van der Waals surface area contributed by atoms with E-state index in [2.05, 4.69) is 28.3 Å². The third-order valence-corrected chi connectivity index (χ3v) is 3.77. The lowest BCUT2D eigenvalue weighted by molar-refractivity contribution is -0.142. The zero-order chi connectivity index (χ0) is 14.7. The van der Waals surface area contributed by atoms with E-state index in [1.54, 1.807) is 6.92 Å². The maximum absolute atomic E-state index is 11.4. The molecular formula is C16H18N2O3. The van der Waals surface area contributed by atoms with Crippen LogP contribution < -0.4 is 0 Å². The molecule has 1 aromatic carbocycles. The molecule has 0 aliphatic heterocycles. The number of hydrogen-bond acceptors (Lipinski definition) is 5. The van der Waals surface area contributed by atoms with Crippen molar-refractivity contribution in [2.45, 2.75) is 38.5 Å². The van der Waals surface area contributed by atoms with Crippen LogP contribution in [-0.2, 0) is 22.4 Å². The van der Waals surface area contributed by atoms with Gasteiger partial charge in [0, 0.05) is 5.92 Å². The number of esters is 1. The Hall–Kier alpha value is -2.17. The van der Waals surface area contributed by atoms with Gasteiger partial charge in [-0.1, -0.05) is 29.4 Å². The minimum atomic E-state index is -0.336. The fourth-order valence-corrected chi connectivity index (χ4v) is 2.84. The van der Waals surface area contributed by atoms with E-state index in [0.29, 0.717) is 18.3 Å². The first kappa shape index (κ1) is 13.8. The van der Waals surface area contributed by atoms with Crippen molar-refractivity contribution in [3.8, 4) is 0 Å². The van der Waals surface area contributed by atoms with Gasteiger partial charge in [0.2, 0.25) is 5.89 Å². The van der Waals surface area contributed by atoms with E-state index in [-0.39, 0.29) is 18.3 Å². The van der Waals surface area contributed by atoms with Gasteiger partial charge >= 0.3 is 5.97 Å². The Balaban J connectivity index is 1.79. The number of carbonyl (C=O) groups excluding carboxylic acids is 1. The molecular weight excluding hydrogens is 268 g/mol. The molecule has 0 bridgehead atoms. The molecule has 1 atom stereocenters. The summed E-state index contributed by atoms with van der Waals surface area (Å²) >= 11 is 0. The molecule has 1 aliphatic rings. The Kier molecular flexibility index (Phi) is 3.99. The summed E-state index contributed by atoms with van der Waals surface area (Å²) in [7, 11) is 0. The number of nitrogens with zero attached hydrogens (tertiary/aromatic N) is 2. The summed E-state index contributed by atoms with van der Waals surface area (Å²) in [5, 5.41) is 4.06. The third-order valence-electron chi connectivity index (χ3n) is 3.77. The van der Waals surface area contributed by atoms with Crippen LogP contribution in [0.4, 0.5) is 0 Å². The number of ether oxygens (including phenoxy) is 1. The maximum atomic E-state index is 11.4. The molecule has 0 spiro atoms. The van der Waals surface area contributed by atoms with E-state index in [9.17, 15) is 4.79 Å². The highest BCUT2D eigenvalue weighted by atomic mass is 16.5. The van der Waals surface area contributed by atoms with Crippen LogP contribution in [0.1, 0.15) is 48.5 Å². The molecule has 0 fully saturated rings. The van der Waals surface area contributed by atoms with Crippen LogP contribution in [0.2, 0.25) is 0 Å². The van der Waals surface area contributed by atoms with Crippen LogP contribution in [0, 0.1) is 0 Å². The van der Waals surface area contributed by atoms with Gasteiger partial charge in [-0.25, -0.2) is 0 Å². The molecule has 1 unspecified atom stereocenters. The minimum Gasteiger partial charge on any atom is -0.466 e. The number of fused-ring (bicyclic) bond motifs is 1. The van der Waals surface area contributed by atoms with Crippen LogP contribution in [0.25, 0.3) is 0 Å². The number of aromatic nitrogens is 2. The summed E-state index contributed by atoms with van der Waals surface area (Å²) in [5.74, 6) is 0.819. The molecule has 0 radical (unpaired) electrons. The van der Waals surface area contributed by atoms with Gasteiger partial charge in [-0.2, -0.15) is 4.98 Å². The molecule has 0 saturated carbocycles. The average Bonchev–Trinajstić information content (AvgIpc) is 2.95. The second kappa shape index (κ2) is 6.08. The smallest absolute Gasteiger partial charge is 0.315 e. The maximum Gasteiger partial charge on any atom is 0.315 e. The largest absolute Gasteiger partial charge is 0.466 e. The van der Waals surface area contributed by atoms with Gasteiger partial charge in [0.25, 0.3) is 0 Å². The first-order valence-electron chi connectivity index (χ1n) is 7.34. The van der Waals surface area contributed by atoms with E-state index in [0.717, 1.165) is 19.3 Å². The molecule has 21 heavy (non-hydrogen) atoms. The van der Waals surface area contributed by atoms with Crippen molar-refractivity contribution in [1.82, 2.24) is 10.1 Å². The average molecular weight is 286 g/mol.